The fraction of sp³-hybridized carbons (Fsp3) is 0.455. The molecule has 12 heavy (non-hydrogen) atoms. The predicted octanol–water partition coefficient (Wildman–Crippen LogP) is 2.41. The third-order valence-corrected chi connectivity index (χ3v) is 2.68. The van der Waals surface area contributed by atoms with Gasteiger partial charge in [0.05, 0.1) is 6.61 Å². The Balaban J connectivity index is 3.42. The Hall–Kier alpha value is -0.820. The highest BCUT2D eigenvalue weighted by molar-refractivity contribution is 5.43. The number of aryl methyl sites for hydroxylation is 2. The van der Waals surface area contributed by atoms with Crippen molar-refractivity contribution < 1.29 is 5.11 Å². The van der Waals surface area contributed by atoms with Gasteiger partial charge in [0.1, 0.15) is 0 Å². The molecule has 0 saturated heterocycles. The highest BCUT2D eigenvalue weighted by atomic mass is 16.3. The van der Waals surface area contributed by atoms with Crippen LogP contribution < -0.4 is 0 Å². The van der Waals surface area contributed by atoms with Crippen molar-refractivity contribution in [1.29, 1.82) is 0 Å². The minimum Gasteiger partial charge on any atom is -0.392 e. The summed E-state index contributed by atoms with van der Waals surface area (Å²) in [7, 11) is 0. The van der Waals surface area contributed by atoms with E-state index in [1.165, 1.54) is 22.3 Å². The molecule has 0 aliphatic heterocycles. The Bertz CT molecular complexity index is 274. The van der Waals surface area contributed by atoms with Gasteiger partial charge in [-0.1, -0.05) is 6.07 Å². The van der Waals surface area contributed by atoms with Gasteiger partial charge in [0.15, 0.2) is 0 Å². The highest BCUT2D eigenvalue weighted by Gasteiger charge is 2.06. The molecule has 0 aromatic heterocycles. The van der Waals surface area contributed by atoms with E-state index in [2.05, 4.69) is 33.8 Å². The second kappa shape index (κ2) is 3.28. The summed E-state index contributed by atoms with van der Waals surface area (Å²) in [6, 6.07) is 2.17. The first-order chi connectivity index (χ1) is 5.57. The highest BCUT2D eigenvalue weighted by Crippen LogP contribution is 2.21. The molecule has 1 rings (SSSR count). The molecular weight excluding hydrogens is 148 g/mol. The van der Waals surface area contributed by atoms with Crippen LogP contribution in [0.2, 0.25) is 0 Å². The van der Waals surface area contributed by atoms with Crippen LogP contribution in [0.4, 0.5) is 0 Å². The van der Waals surface area contributed by atoms with Crippen molar-refractivity contribution in [2.24, 2.45) is 0 Å². The summed E-state index contributed by atoms with van der Waals surface area (Å²) in [5.41, 5.74) is 6.07. The summed E-state index contributed by atoms with van der Waals surface area (Å²) in [5, 5.41) is 9.15. The minimum absolute atomic E-state index is 0.153. The minimum atomic E-state index is 0.153. The lowest BCUT2D eigenvalue weighted by atomic mass is 9.95. The third-order valence-electron chi connectivity index (χ3n) is 2.68. The Morgan fingerprint density at radius 1 is 1.00 bits per heavy atom. The summed E-state index contributed by atoms with van der Waals surface area (Å²) < 4.78 is 0. The van der Waals surface area contributed by atoms with Crippen LogP contribution >= 0.6 is 0 Å². The normalized spacial score (nSPS) is 10.4. The molecule has 1 nitrogen and oxygen atoms in total. The molecule has 0 spiro atoms. The van der Waals surface area contributed by atoms with Gasteiger partial charge in [-0.05, 0) is 55.5 Å². The Labute approximate surface area is 74.1 Å². The van der Waals surface area contributed by atoms with Crippen LogP contribution in [-0.2, 0) is 6.61 Å². The van der Waals surface area contributed by atoms with E-state index < -0.39 is 0 Å². The van der Waals surface area contributed by atoms with Crippen molar-refractivity contribution in [2.75, 3.05) is 0 Å². The largest absolute Gasteiger partial charge is 0.392 e. The van der Waals surface area contributed by atoms with E-state index in [1.54, 1.807) is 0 Å². The number of hydrogen-bond acceptors (Lipinski definition) is 1. The molecule has 0 radical (unpaired) electrons. The van der Waals surface area contributed by atoms with Crippen LogP contribution in [0, 0.1) is 27.7 Å². The SMILES string of the molecule is Cc1cc(C)c(C)c(CO)c1C. The second-order valence-corrected chi connectivity index (χ2v) is 3.40. The lowest BCUT2D eigenvalue weighted by molar-refractivity contribution is 0.280. The molecule has 0 bridgehead atoms. The van der Waals surface area contributed by atoms with Gasteiger partial charge in [0.25, 0.3) is 0 Å². The van der Waals surface area contributed by atoms with E-state index in [-0.39, 0.29) is 6.61 Å². The predicted molar refractivity (Wildman–Crippen MR) is 51.3 cm³/mol. The Morgan fingerprint density at radius 3 is 1.75 bits per heavy atom. The van der Waals surface area contributed by atoms with E-state index in [1.807, 2.05) is 0 Å². The maximum atomic E-state index is 9.15. The summed E-state index contributed by atoms with van der Waals surface area (Å²) in [5.74, 6) is 0. The number of hydrogen-bond donors (Lipinski definition) is 1. The average molecular weight is 164 g/mol. The van der Waals surface area contributed by atoms with Gasteiger partial charge in [-0.25, -0.2) is 0 Å². The molecule has 0 atom stereocenters. The maximum Gasteiger partial charge on any atom is 0.0687 e. The molecular formula is C11H16O. The van der Waals surface area contributed by atoms with Crippen LogP contribution in [-0.4, -0.2) is 5.11 Å². The van der Waals surface area contributed by atoms with Crippen LogP contribution in [0.3, 0.4) is 0 Å². The molecule has 0 aliphatic rings. The molecule has 0 heterocycles. The molecule has 0 amide bonds. The number of aliphatic hydroxyl groups is 1. The molecule has 66 valence electrons. The van der Waals surface area contributed by atoms with Crippen molar-refractivity contribution in [1.82, 2.24) is 0 Å². The summed E-state index contributed by atoms with van der Waals surface area (Å²) in [6.07, 6.45) is 0. The smallest absolute Gasteiger partial charge is 0.0687 e. The molecule has 0 unspecified atom stereocenters. The zero-order valence-electron chi connectivity index (χ0n) is 8.23. The van der Waals surface area contributed by atoms with Crippen molar-refractivity contribution in [3.8, 4) is 0 Å². The fourth-order valence-electron chi connectivity index (χ4n) is 1.54. The van der Waals surface area contributed by atoms with Crippen LogP contribution in [0.5, 0.6) is 0 Å². The van der Waals surface area contributed by atoms with E-state index >= 15 is 0 Å². The Morgan fingerprint density at radius 2 is 1.42 bits per heavy atom. The Kier molecular flexibility index (Phi) is 2.53. The van der Waals surface area contributed by atoms with Gasteiger partial charge in [-0.3, -0.25) is 0 Å². The van der Waals surface area contributed by atoms with Gasteiger partial charge in [0.2, 0.25) is 0 Å². The van der Waals surface area contributed by atoms with Crippen molar-refractivity contribution >= 4 is 0 Å². The molecule has 1 heteroatoms. The maximum absolute atomic E-state index is 9.15. The first-order valence-electron chi connectivity index (χ1n) is 4.25. The van der Waals surface area contributed by atoms with E-state index in [9.17, 15) is 0 Å². The lowest BCUT2D eigenvalue weighted by Gasteiger charge is -2.12. The number of aliphatic hydroxyl groups excluding tert-OH is 1. The zero-order chi connectivity index (χ0) is 9.30. The molecule has 0 fully saturated rings. The van der Waals surface area contributed by atoms with Crippen LogP contribution in [0.1, 0.15) is 27.8 Å². The van der Waals surface area contributed by atoms with Crippen molar-refractivity contribution in [2.45, 2.75) is 34.3 Å². The van der Waals surface area contributed by atoms with Gasteiger partial charge in [0, 0.05) is 0 Å². The third kappa shape index (κ3) is 1.37. The average Bonchev–Trinajstić information content (AvgIpc) is 2.02. The van der Waals surface area contributed by atoms with Gasteiger partial charge < -0.3 is 5.11 Å². The van der Waals surface area contributed by atoms with Gasteiger partial charge in [-0.15, -0.1) is 0 Å². The van der Waals surface area contributed by atoms with E-state index in [4.69, 9.17) is 5.11 Å². The summed E-state index contributed by atoms with van der Waals surface area (Å²) >= 11 is 0. The first kappa shape index (κ1) is 9.27. The topological polar surface area (TPSA) is 20.2 Å². The molecule has 1 aromatic rings. The molecule has 0 aliphatic carbocycles. The quantitative estimate of drug-likeness (QED) is 0.675. The standard InChI is InChI=1S/C11H16O/c1-7-5-8(2)10(4)11(6-12)9(7)3/h5,12H,6H2,1-4H3. The van der Waals surface area contributed by atoms with Crippen molar-refractivity contribution in [3.63, 3.8) is 0 Å². The lowest BCUT2D eigenvalue weighted by Crippen LogP contribution is -1.98. The van der Waals surface area contributed by atoms with E-state index in [0.717, 1.165) is 5.56 Å². The number of rotatable bonds is 1. The summed E-state index contributed by atoms with van der Waals surface area (Å²) in [6.45, 7) is 8.45. The first-order valence-corrected chi connectivity index (χ1v) is 4.25. The molecule has 1 aromatic carbocycles. The van der Waals surface area contributed by atoms with Crippen LogP contribution in [0.25, 0.3) is 0 Å². The summed E-state index contributed by atoms with van der Waals surface area (Å²) in [4.78, 5) is 0. The molecule has 0 saturated carbocycles. The van der Waals surface area contributed by atoms with Gasteiger partial charge >= 0.3 is 0 Å². The number of benzene rings is 1. The zero-order valence-corrected chi connectivity index (χ0v) is 8.23. The van der Waals surface area contributed by atoms with Crippen LogP contribution in [0.15, 0.2) is 6.07 Å². The monoisotopic (exact) mass is 164 g/mol. The fourth-order valence-corrected chi connectivity index (χ4v) is 1.54. The van der Waals surface area contributed by atoms with Crippen molar-refractivity contribution in [3.05, 3.63) is 33.9 Å². The molecule has 1 N–H and O–H groups in total. The second-order valence-electron chi connectivity index (χ2n) is 3.40. The van der Waals surface area contributed by atoms with E-state index in [0.29, 0.717) is 0 Å². The van der Waals surface area contributed by atoms with Gasteiger partial charge in [-0.2, -0.15) is 0 Å².